The Morgan fingerprint density at radius 2 is 1.73 bits per heavy atom. The lowest BCUT2D eigenvalue weighted by atomic mass is 9.94. The summed E-state index contributed by atoms with van der Waals surface area (Å²) in [5.41, 5.74) is 1.55. The zero-order valence-corrected chi connectivity index (χ0v) is 14.6. The number of nitrogens with zero attached hydrogens (tertiary/aromatic N) is 1. The van der Waals surface area contributed by atoms with Crippen molar-refractivity contribution < 1.29 is 18.0 Å². The highest BCUT2D eigenvalue weighted by Crippen LogP contribution is 2.29. The molecule has 1 atom stereocenters. The molecule has 0 aromatic heterocycles. The van der Waals surface area contributed by atoms with Crippen molar-refractivity contribution in [3.05, 3.63) is 70.7 Å². The summed E-state index contributed by atoms with van der Waals surface area (Å²) in [6.07, 6.45) is 0.815. The molecular weight excluding hydrogens is 363 g/mol. The third-order valence-corrected chi connectivity index (χ3v) is 4.17. The Hall–Kier alpha value is -2.45. The van der Waals surface area contributed by atoms with E-state index in [9.17, 15) is 18.0 Å². The van der Waals surface area contributed by atoms with Crippen LogP contribution in [0.3, 0.4) is 0 Å². The van der Waals surface area contributed by atoms with E-state index >= 15 is 0 Å². The fraction of sp³-hybridized carbons (Fsp3) is 0.250. The molecule has 0 N–H and O–H groups in total. The van der Waals surface area contributed by atoms with Gasteiger partial charge in [0, 0.05) is 18.1 Å². The van der Waals surface area contributed by atoms with Crippen LogP contribution in [0.1, 0.15) is 17.0 Å². The van der Waals surface area contributed by atoms with Gasteiger partial charge in [-0.05, 0) is 29.7 Å². The fourth-order valence-electron chi connectivity index (χ4n) is 2.69. The summed E-state index contributed by atoms with van der Waals surface area (Å²) in [6, 6.07) is 17.0. The first kappa shape index (κ1) is 19.9. The van der Waals surface area contributed by atoms with Gasteiger partial charge < -0.3 is 4.90 Å². The number of hydrogen-bond acceptors (Lipinski definition) is 1. The first-order valence-electron chi connectivity index (χ1n) is 7.93. The number of benzene rings is 2. The van der Waals surface area contributed by atoms with Crippen LogP contribution in [0.5, 0.6) is 0 Å². The number of terminal acetylenes is 1. The molecule has 3 rings (SSSR count). The molecule has 2 nitrogen and oxygen atoms in total. The van der Waals surface area contributed by atoms with Crippen molar-refractivity contribution in [3.63, 3.8) is 0 Å². The van der Waals surface area contributed by atoms with Gasteiger partial charge in [0.2, 0.25) is 0 Å². The Morgan fingerprint density at radius 1 is 1.15 bits per heavy atom. The highest BCUT2D eigenvalue weighted by molar-refractivity contribution is 6.30. The largest absolute Gasteiger partial charge is 0.471 e. The van der Waals surface area contributed by atoms with Gasteiger partial charge in [-0.2, -0.15) is 13.2 Å². The first-order chi connectivity index (χ1) is 12.3. The predicted octanol–water partition coefficient (Wildman–Crippen LogP) is 4.69. The lowest BCUT2D eigenvalue weighted by Gasteiger charge is -2.23. The molecule has 1 unspecified atom stereocenters. The zero-order chi connectivity index (χ0) is 19.2. The monoisotopic (exact) mass is 379 g/mol. The van der Waals surface area contributed by atoms with Crippen molar-refractivity contribution >= 4 is 17.5 Å². The molecule has 2 aromatic carbocycles. The number of fused-ring (bicyclic) bond motifs is 1. The van der Waals surface area contributed by atoms with Crippen LogP contribution in [-0.4, -0.2) is 30.1 Å². The number of hydrogen-bond donors (Lipinski definition) is 0. The number of alkyl halides is 3. The molecule has 1 amide bonds. The molecule has 2 aromatic rings. The minimum atomic E-state index is -4.88. The average molecular weight is 380 g/mol. The second-order valence-corrected chi connectivity index (χ2v) is 6.15. The van der Waals surface area contributed by atoms with Crippen LogP contribution in [0.2, 0.25) is 5.02 Å². The summed E-state index contributed by atoms with van der Waals surface area (Å²) in [5.74, 6) is 0.0420. The first-order valence-corrected chi connectivity index (χ1v) is 8.31. The number of halogens is 4. The summed E-state index contributed by atoms with van der Waals surface area (Å²) in [6.45, 7) is -0.159. The van der Waals surface area contributed by atoms with Crippen LogP contribution in [-0.2, 0) is 11.2 Å². The topological polar surface area (TPSA) is 20.3 Å². The molecule has 6 heteroatoms. The maximum Gasteiger partial charge on any atom is 0.471 e. The lowest BCUT2D eigenvalue weighted by molar-refractivity contribution is -0.185. The van der Waals surface area contributed by atoms with Gasteiger partial charge in [-0.15, -0.1) is 6.42 Å². The molecule has 1 aliphatic heterocycles. The predicted molar refractivity (Wildman–Crippen MR) is 95.8 cm³/mol. The van der Waals surface area contributed by atoms with Crippen molar-refractivity contribution in [1.82, 2.24) is 4.90 Å². The van der Waals surface area contributed by atoms with Gasteiger partial charge in [0.05, 0.1) is 5.92 Å². The van der Waals surface area contributed by atoms with E-state index in [-0.39, 0.29) is 13.1 Å². The maximum absolute atomic E-state index is 12.5. The van der Waals surface area contributed by atoms with E-state index < -0.39 is 18.0 Å². The SMILES string of the molecule is C#CC1CN(C(=O)C(F)(F)F)CCc2cc(Cl)ccc21.c1ccccc1. The van der Waals surface area contributed by atoms with Gasteiger partial charge in [0.15, 0.2) is 0 Å². The molecular formula is C20H17ClF3NO. The van der Waals surface area contributed by atoms with E-state index in [0.717, 1.165) is 16.0 Å². The normalized spacial score (nSPS) is 16.4. The maximum atomic E-state index is 12.5. The smallest absolute Gasteiger partial charge is 0.333 e. The molecule has 136 valence electrons. The second-order valence-electron chi connectivity index (χ2n) is 5.72. The molecule has 0 bridgehead atoms. The number of amides is 1. The Balaban J connectivity index is 0.000000342. The van der Waals surface area contributed by atoms with E-state index in [4.69, 9.17) is 18.0 Å². The van der Waals surface area contributed by atoms with Gasteiger partial charge in [-0.3, -0.25) is 4.79 Å². The zero-order valence-electron chi connectivity index (χ0n) is 13.8. The van der Waals surface area contributed by atoms with Gasteiger partial charge in [0.25, 0.3) is 0 Å². The average Bonchev–Trinajstić information content (AvgIpc) is 2.81. The van der Waals surface area contributed by atoms with Crippen LogP contribution in [0.4, 0.5) is 13.2 Å². The summed E-state index contributed by atoms with van der Waals surface area (Å²) in [7, 11) is 0. The van der Waals surface area contributed by atoms with Gasteiger partial charge in [0.1, 0.15) is 0 Å². The molecule has 0 spiro atoms. The van der Waals surface area contributed by atoms with E-state index in [1.54, 1.807) is 18.2 Å². The molecule has 26 heavy (non-hydrogen) atoms. The number of rotatable bonds is 0. The van der Waals surface area contributed by atoms with Crippen molar-refractivity contribution in [2.45, 2.75) is 18.5 Å². The van der Waals surface area contributed by atoms with E-state index in [2.05, 4.69) is 5.92 Å². The fourth-order valence-corrected chi connectivity index (χ4v) is 2.88. The van der Waals surface area contributed by atoms with Crippen LogP contribution < -0.4 is 0 Å². The van der Waals surface area contributed by atoms with Crippen molar-refractivity contribution in [2.75, 3.05) is 13.1 Å². The van der Waals surface area contributed by atoms with E-state index in [0.29, 0.717) is 11.4 Å². The Labute approximate surface area is 155 Å². The Bertz CT molecular complexity index is 757. The molecule has 1 aliphatic rings. The summed E-state index contributed by atoms with van der Waals surface area (Å²) in [5, 5.41) is 0.495. The summed E-state index contributed by atoms with van der Waals surface area (Å²) in [4.78, 5) is 12.1. The van der Waals surface area contributed by atoms with Gasteiger partial charge in [-0.25, -0.2) is 0 Å². The molecule has 0 saturated carbocycles. The summed E-state index contributed by atoms with van der Waals surface area (Å²) < 4.78 is 37.6. The van der Waals surface area contributed by atoms with Crippen molar-refractivity contribution in [3.8, 4) is 12.3 Å². The highest BCUT2D eigenvalue weighted by atomic mass is 35.5. The van der Waals surface area contributed by atoms with Crippen molar-refractivity contribution in [2.24, 2.45) is 0 Å². The standard InChI is InChI=1S/C14H11ClF3NO.C6H6/c1-2-9-8-19(13(20)14(16,17)18)6-5-10-7-11(15)3-4-12(9)10;1-2-4-6-5-3-1/h1,3-4,7,9H,5-6,8H2;1-6H. The molecule has 0 aliphatic carbocycles. The van der Waals surface area contributed by atoms with Crippen LogP contribution >= 0.6 is 11.6 Å². The minimum absolute atomic E-state index is 0.0239. The Kier molecular flexibility index (Phi) is 6.70. The van der Waals surface area contributed by atoms with E-state index in [1.165, 1.54) is 0 Å². The minimum Gasteiger partial charge on any atom is -0.333 e. The third kappa shape index (κ3) is 5.27. The third-order valence-electron chi connectivity index (χ3n) is 3.93. The van der Waals surface area contributed by atoms with Crippen LogP contribution in [0, 0.1) is 12.3 Å². The second kappa shape index (κ2) is 8.77. The molecule has 1 heterocycles. The van der Waals surface area contributed by atoms with E-state index in [1.807, 2.05) is 36.4 Å². The molecule has 0 fully saturated rings. The number of carbonyl (C=O) groups excluding carboxylic acids is 1. The van der Waals surface area contributed by atoms with Gasteiger partial charge in [-0.1, -0.05) is 60.0 Å². The highest BCUT2D eigenvalue weighted by Gasteiger charge is 2.43. The van der Waals surface area contributed by atoms with Crippen LogP contribution in [0.25, 0.3) is 0 Å². The van der Waals surface area contributed by atoms with Gasteiger partial charge >= 0.3 is 12.1 Å². The summed E-state index contributed by atoms with van der Waals surface area (Å²) >= 11 is 5.88. The van der Waals surface area contributed by atoms with Crippen molar-refractivity contribution in [1.29, 1.82) is 0 Å². The molecule has 0 saturated heterocycles. The van der Waals surface area contributed by atoms with Crippen LogP contribution in [0.15, 0.2) is 54.6 Å². The molecule has 0 radical (unpaired) electrons. The lowest BCUT2D eigenvalue weighted by Crippen LogP contribution is -2.43. The quantitative estimate of drug-likeness (QED) is 0.608. The number of carbonyl (C=O) groups is 1. The Morgan fingerprint density at radius 3 is 2.23 bits per heavy atom.